The fourth-order valence-electron chi connectivity index (χ4n) is 4.40. The molecule has 0 saturated carbocycles. The van der Waals surface area contributed by atoms with Crippen molar-refractivity contribution in [3.05, 3.63) is 70.8 Å². The van der Waals surface area contributed by atoms with Crippen LogP contribution in [0.2, 0.25) is 0 Å². The predicted molar refractivity (Wildman–Crippen MR) is 81.3 cm³/mol. The van der Waals surface area contributed by atoms with Crippen molar-refractivity contribution in [2.75, 3.05) is 7.11 Å². The Morgan fingerprint density at radius 2 is 1.48 bits per heavy atom. The molecule has 2 bridgehead atoms. The summed E-state index contributed by atoms with van der Waals surface area (Å²) in [5.41, 5.74) is 4.87. The molecule has 0 amide bonds. The molecular weight excluding hydrogens is 260 g/mol. The first-order valence-corrected chi connectivity index (χ1v) is 7.43. The fourth-order valence-corrected chi connectivity index (χ4v) is 4.40. The summed E-state index contributed by atoms with van der Waals surface area (Å²) in [6, 6.07) is 17.1. The normalized spacial score (nSPS) is 28.7. The molecule has 2 heteroatoms. The van der Waals surface area contributed by atoms with Gasteiger partial charge in [0.05, 0.1) is 12.5 Å². The van der Waals surface area contributed by atoms with Gasteiger partial charge in [0.25, 0.3) is 0 Å². The topological polar surface area (TPSA) is 26.3 Å². The largest absolute Gasteiger partial charge is 0.469 e. The smallest absolute Gasteiger partial charge is 0.312 e. The van der Waals surface area contributed by atoms with Gasteiger partial charge in [-0.3, -0.25) is 4.79 Å². The average molecular weight is 278 g/mol. The molecule has 3 aliphatic carbocycles. The summed E-state index contributed by atoms with van der Waals surface area (Å²) in [6.07, 6.45) is 0.832. The van der Waals surface area contributed by atoms with Crippen LogP contribution in [0, 0.1) is 5.41 Å². The lowest BCUT2D eigenvalue weighted by Crippen LogP contribution is -2.45. The van der Waals surface area contributed by atoms with Gasteiger partial charge >= 0.3 is 5.97 Å². The molecule has 0 fully saturated rings. The zero-order valence-corrected chi connectivity index (χ0v) is 12.3. The van der Waals surface area contributed by atoms with Crippen molar-refractivity contribution in [2.24, 2.45) is 5.41 Å². The molecule has 2 nitrogen and oxygen atoms in total. The van der Waals surface area contributed by atoms with Crippen LogP contribution in [0.5, 0.6) is 0 Å². The molecule has 2 aromatic rings. The molecule has 0 radical (unpaired) electrons. The molecule has 106 valence electrons. The van der Waals surface area contributed by atoms with Crippen molar-refractivity contribution in [2.45, 2.75) is 25.2 Å². The molecular formula is C19H18O2. The Bertz CT molecular complexity index is 686. The molecule has 0 N–H and O–H groups in total. The van der Waals surface area contributed by atoms with E-state index in [9.17, 15) is 4.79 Å². The van der Waals surface area contributed by atoms with Crippen LogP contribution in [-0.2, 0) is 9.53 Å². The van der Waals surface area contributed by atoms with Crippen LogP contribution >= 0.6 is 0 Å². The number of benzene rings is 2. The van der Waals surface area contributed by atoms with Crippen LogP contribution in [0.3, 0.4) is 0 Å². The SMILES string of the molecule is COC(=O)C1(C)CC2c3ccccc3C1c1ccccc12. The summed E-state index contributed by atoms with van der Waals surface area (Å²) >= 11 is 0. The summed E-state index contributed by atoms with van der Waals surface area (Å²) < 4.78 is 5.14. The molecule has 0 heterocycles. The second kappa shape index (κ2) is 4.20. The number of carbonyl (C=O) groups excluding carboxylic acids is 1. The van der Waals surface area contributed by atoms with Crippen LogP contribution in [0.15, 0.2) is 48.5 Å². The van der Waals surface area contributed by atoms with Crippen LogP contribution in [-0.4, -0.2) is 13.1 Å². The van der Waals surface area contributed by atoms with E-state index < -0.39 is 5.41 Å². The molecule has 0 aromatic heterocycles. The standard InChI is InChI=1S/C19H18O2/c1-19(18(20)21-2)11-16-12-7-3-5-9-14(12)17(19)15-10-6-4-8-13(15)16/h3-10,16-17H,11H2,1-2H3. The Morgan fingerprint density at radius 1 is 1.00 bits per heavy atom. The number of hydrogen-bond donors (Lipinski definition) is 0. The lowest BCUT2D eigenvalue weighted by molar-refractivity contribution is -0.154. The Balaban J connectivity index is 2.01. The molecule has 0 aliphatic heterocycles. The van der Waals surface area contributed by atoms with E-state index in [1.165, 1.54) is 29.4 Å². The van der Waals surface area contributed by atoms with Crippen molar-refractivity contribution >= 4 is 5.97 Å². The van der Waals surface area contributed by atoms with Gasteiger partial charge in [-0.2, -0.15) is 0 Å². The highest BCUT2D eigenvalue weighted by atomic mass is 16.5. The van der Waals surface area contributed by atoms with E-state index in [-0.39, 0.29) is 11.9 Å². The summed E-state index contributed by atoms with van der Waals surface area (Å²) in [4.78, 5) is 12.5. The van der Waals surface area contributed by atoms with E-state index in [2.05, 4.69) is 55.5 Å². The summed E-state index contributed by atoms with van der Waals surface area (Å²) in [6.45, 7) is 2.06. The molecule has 1 atom stereocenters. The molecule has 0 saturated heterocycles. The number of ether oxygens (including phenoxy) is 1. The summed E-state index contributed by atoms with van der Waals surface area (Å²) in [5, 5.41) is 0. The lowest BCUT2D eigenvalue weighted by atomic mass is 9.53. The van der Waals surface area contributed by atoms with E-state index in [0.717, 1.165) is 6.42 Å². The lowest BCUT2D eigenvalue weighted by Gasteiger charge is -2.50. The molecule has 21 heavy (non-hydrogen) atoms. The summed E-state index contributed by atoms with van der Waals surface area (Å²) in [5.74, 6) is 0.301. The molecule has 1 unspecified atom stereocenters. The third kappa shape index (κ3) is 1.50. The summed E-state index contributed by atoms with van der Waals surface area (Å²) in [7, 11) is 1.49. The first-order valence-electron chi connectivity index (χ1n) is 7.43. The van der Waals surface area contributed by atoms with Gasteiger partial charge in [0.2, 0.25) is 0 Å². The van der Waals surface area contributed by atoms with Gasteiger partial charge in [0.1, 0.15) is 0 Å². The highest BCUT2D eigenvalue weighted by Crippen LogP contribution is 2.61. The van der Waals surface area contributed by atoms with E-state index in [0.29, 0.717) is 5.92 Å². The van der Waals surface area contributed by atoms with Gasteiger partial charge in [-0.25, -0.2) is 0 Å². The third-order valence-corrected chi connectivity index (χ3v) is 5.28. The maximum absolute atomic E-state index is 12.5. The molecule has 5 rings (SSSR count). The minimum Gasteiger partial charge on any atom is -0.469 e. The zero-order valence-electron chi connectivity index (χ0n) is 12.3. The maximum Gasteiger partial charge on any atom is 0.312 e. The van der Waals surface area contributed by atoms with Crippen molar-refractivity contribution in [3.8, 4) is 0 Å². The van der Waals surface area contributed by atoms with E-state index >= 15 is 0 Å². The Labute approximate surface area is 124 Å². The molecule has 0 spiro atoms. The highest BCUT2D eigenvalue weighted by Gasteiger charge is 2.54. The number of methoxy groups -OCH3 is 1. The van der Waals surface area contributed by atoms with Crippen molar-refractivity contribution in [3.63, 3.8) is 0 Å². The zero-order chi connectivity index (χ0) is 14.6. The molecule has 2 aromatic carbocycles. The van der Waals surface area contributed by atoms with Crippen LogP contribution < -0.4 is 0 Å². The predicted octanol–water partition coefficient (Wildman–Crippen LogP) is 3.85. The van der Waals surface area contributed by atoms with Crippen molar-refractivity contribution in [1.82, 2.24) is 0 Å². The van der Waals surface area contributed by atoms with E-state index in [1.807, 2.05) is 0 Å². The van der Waals surface area contributed by atoms with Crippen LogP contribution in [0.25, 0.3) is 0 Å². The highest BCUT2D eigenvalue weighted by molar-refractivity contribution is 5.81. The Hall–Kier alpha value is -2.09. The van der Waals surface area contributed by atoms with Gasteiger partial charge in [-0.05, 0) is 35.6 Å². The average Bonchev–Trinajstić information content (AvgIpc) is 2.54. The second-order valence-corrected chi connectivity index (χ2v) is 6.36. The maximum atomic E-state index is 12.5. The number of esters is 1. The van der Waals surface area contributed by atoms with Crippen molar-refractivity contribution in [1.29, 1.82) is 0 Å². The minimum atomic E-state index is -0.470. The first kappa shape index (κ1) is 12.6. The third-order valence-electron chi connectivity index (χ3n) is 5.28. The second-order valence-electron chi connectivity index (χ2n) is 6.36. The van der Waals surface area contributed by atoms with Gasteiger partial charge < -0.3 is 4.74 Å². The van der Waals surface area contributed by atoms with Gasteiger partial charge in [0, 0.05) is 11.8 Å². The van der Waals surface area contributed by atoms with Crippen LogP contribution in [0.4, 0.5) is 0 Å². The monoisotopic (exact) mass is 278 g/mol. The van der Waals surface area contributed by atoms with Gasteiger partial charge in [-0.15, -0.1) is 0 Å². The first-order chi connectivity index (χ1) is 10.2. The Morgan fingerprint density at radius 3 is 1.95 bits per heavy atom. The quantitative estimate of drug-likeness (QED) is 0.741. The fraction of sp³-hybridized carbons (Fsp3) is 0.316. The minimum absolute atomic E-state index is 0.0958. The van der Waals surface area contributed by atoms with Crippen molar-refractivity contribution < 1.29 is 9.53 Å². The van der Waals surface area contributed by atoms with E-state index in [1.54, 1.807) is 0 Å². The van der Waals surface area contributed by atoms with E-state index in [4.69, 9.17) is 4.74 Å². The number of fused-ring (bicyclic) bond motifs is 1. The number of carbonyl (C=O) groups is 1. The number of hydrogen-bond acceptors (Lipinski definition) is 2. The van der Waals surface area contributed by atoms with Gasteiger partial charge in [-0.1, -0.05) is 48.5 Å². The number of rotatable bonds is 1. The Kier molecular flexibility index (Phi) is 2.53. The molecule has 3 aliphatic rings. The van der Waals surface area contributed by atoms with Gasteiger partial charge in [0.15, 0.2) is 0 Å². The van der Waals surface area contributed by atoms with Crippen LogP contribution in [0.1, 0.15) is 47.4 Å².